The topological polar surface area (TPSA) is 83.8 Å². The minimum Gasteiger partial charge on any atom is -0.391 e. The molecule has 0 radical (unpaired) electrons. The molecule has 0 unspecified atom stereocenters. The molecule has 1 saturated heterocycles. The van der Waals surface area contributed by atoms with Gasteiger partial charge in [0.2, 0.25) is 5.79 Å². The minimum atomic E-state index is -3.32. The second-order valence-electron chi connectivity index (χ2n) is 7.28. The van der Waals surface area contributed by atoms with Gasteiger partial charge in [0.1, 0.15) is 19.6 Å². The molecule has 0 bridgehead atoms. The third kappa shape index (κ3) is 4.34. The quantitative estimate of drug-likeness (QED) is 0.733. The van der Waals surface area contributed by atoms with Crippen LogP contribution in [-0.2, 0) is 20.4 Å². The Hall–Kier alpha value is -0.990. The number of morpholine rings is 1. The van der Waals surface area contributed by atoms with E-state index in [1.165, 1.54) is 12.1 Å². The van der Waals surface area contributed by atoms with Gasteiger partial charge in [-0.15, -0.1) is 0 Å². The lowest BCUT2D eigenvalue weighted by atomic mass is 10.0. The highest BCUT2D eigenvalue weighted by Gasteiger charge is 2.44. The molecule has 0 amide bonds. The van der Waals surface area contributed by atoms with Gasteiger partial charge in [0.15, 0.2) is 9.84 Å². The molecule has 7 heteroatoms. The monoisotopic (exact) mass is 358 g/mol. The van der Waals surface area contributed by atoms with Crippen molar-refractivity contribution in [2.75, 3.05) is 45.6 Å². The van der Waals surface area contributed by atoms with Crippen molar-refractivity contribution in [3.63, 3.8) is 0 Å². The Morgan fingerprint density at radius 2 is 1.92 bits per heavy atom. The van der Waals surface area contributed by atoms with E-state index in [1.807, 2.05) is 20.9 Å². The Balaban J connectivity index is 2.24. The fourth-order valence-corrected chi connectivity index (χ4v) is 4.76. The number of likely N-dealkylation sites (N-methyl/N-ethyl adjacent to an activating group) is 1. The van der Waals surface area contributed by atoms with Crippen molar-refractivity contribution in [2.45, 2.75) is 24.5 Å². The number of rotatable bonds is 6. The molecule has 1 aromatic rings. The predicted molar refractivity (Wildman–Crippen MR) is 91.1 cm³/mol. The Bertz CT molecular complexity index is 654. The summed E-state index contributed by atoms with van der Waals surface area (Å²) in [5, 5.41) is 20.1. The van der Waals surface area contributed by atoms with Gasteiger partial charge in [0.05, 0.1) is 30.9 Å². The van der Waals surface area contributed by atoms with E-state index in [9.17, 15) is 18.6 Å². The number of sulfone groups is 1. The first-order valence-electron chi connectivity index (χ1n) is 8.24. The van der Waals surface area contributed by atoms with Gasteiger partial charge in [0.25, 0.3) is 0 Å². The van der Waals surface area contributed by atoms with Crippen LogP contribution in [0, 0.1) is 5.92 Å². The molecule has 0 saturated carbocycles. The van der Waals surface area contributed by atoms with Gasteiger partial charge in [-0.05, 0) is 18.1 Å². The van der Waals surface area contributed by atoms with Crippen LogP contribution < -0.4 is 0 Å². The molecule has 1 aliphatic rings. The maximum absolute atomic E-state index is 12.3. The van der Waals surface area contributed by atoms with E-state index in [2.05, 4.69) is 0 Å². The molecule has 0 spiro atoms. The molecule has 136 valence electrons. The predicted octanol–water partition coefficient (Wildman–Crippen LogP) is 0.730. The summed E-state index contributed by atoms with van der Waals surface area (Å²) in [5.74, 6) is -1.32. The number of nitrogens with zero attached hydrogens (tertiary/aromatic N) is 1. The molecule has 6 nitrogen and oxygen atoms in total. The minimum absolute atomic E-state index is 0.0406. The van der Waals surface area contributed by atoms with Crippen LogP contribution in [0.1, 0.15) is 19.4 Å². The van der Waals surface area contributed by atoms with E-state index >= 15 is 0 Å². The largest absolute Gasteiger partial charge is 0.391 e. The first kappa shape index (κ1) is 19.3. The van der Waals surface area contributed by atoms with Crippen LogP contribution in [0.4, 0.5) is 0 Å². The molecule has 0 aromatic heterocycles. The maximum atomic E-state index is 12.3. The Kier molecular flexibility index (Phi) is 5.71. The van der Waals surface area contributed by atoms with Crippen LogP contribution in [0.5, 0.6) is 0 Å². The summed E-state index contributed by atoms with van der Waals surface area (Å²) in [6, 6.07) is 6.28. The van der Waals surface area contributed by atoms with E-state index in [4.69, 9.17) is 4.74 Å². The van der Waals surface area contributed by atoms with Gasteiger partial charge in [-0.3, -0.25) is 0 Å². The summed E-state index contributed by atoms with van der Waals surface area (Å²) < 4.78 is 30.6. The lowest BCUT2D eigenvalue weighted by Crippen LogP contribution is -2.60. The highest BCUT2D eigenvalue weighted by atomic mass is 32.2. The molecule has 1 aliphatic heterocycles. The Labute approximate surface area is 144 Å². The fourth-order valence-electron chi connectivity index (χ4n) is 3.14. The summed E-state index contributed by atoms with van der Waals surface area (Å²) in [6.07, 6.45) is 0. The molecule has 1 aromatic carbocycles. The molecule has 24 heavy (non-hydrogen) atoms. The molecule has 2 N–H and O–H groups in total. The van der Waals surface area contributed by atoms with E-state index < -0.39 is 15.6 Å². The molecule has 1 heterocycles. The average Bonchev–Trinajstić information content (AvgIpc) is 2.46. The fraction of sp³-hybridized carbons (Fsp3) is 0.647. The average molecular weight is 358 g/mol. The second kappa shape index (κ2) is 7.09. The summed E-state index contributed by atoms with van der Waals surface area (Å²) >= 11 is 0. The zero-order chi connectivity index (χ0) is 18.0. The van der Waals surface area contributed by atoms with E-state index in [0.717, 1.165) is 0 Å². The SMILES string of the molecule is CC(C)CS(=O)(=O)c1ccc([C@]2(O)C[N@@+](C)(CCO)CCO2)cc1. The standard InChI is InChI=1S/C17H28NO5S/c1-14(2)12-24(21,22)16-6-4-15(5-7-16)17(20)13-18(3,8-10-19)9-11-23-17/h4-7,14,19-20H,8-13H2,1-3H3/q+1/t17-,18-/m0/s1. The van der Waals surface area contributed by atoms with Crippen molar-refractivity contribution in [1.29, 1.82) is 0 Å². The number of aliphatic hydroxyl groups excluding tert-OH is 1. The lowest BCUT2D eigenvalue weighted by Gasteiger charge is -2.44. The van der Waals surface area contributed by atoms with Gasteiger partial charge in [-0.1, -0.05) is 26.0 Å². The summed E-state index contributed by atoms with van der Waals surface area (Å²) in [5.41, 5.74) is 0.535. The molecule has 1 fully saturated rings. The lowest BCUT2D eigenvalue weighted by molar-refractivity contribution is -0.930. The highest BCUT2D eigenvalue weighted by Crippen LogP contribution is 2.30. The van der Waals surface area contributed by atoms with Crippen molar-refractivity contribution in [3.05, 3.63) is 29.8 Å². The van der Waals surface area contributed by atoms with Gasteiger partial charge in [-0.25, -0.2) is 8.42 Å². The van der Waals surface area contributed by atoms with Crippen LogP contribution in [-0.4, -0.2) is 68.8 Å². The van der Waals surface area contributed by atoms with Gasteiger partial charge in [0, 0.05) is 5.56 Å². The summed E-state index contributed by atoms with van der Waals surface area (Å²) in [6.45, 7) is 5.70. The molecular formula is C17H28NO5S+. The normalized spacial score (nSPS) is 28.2. The van der Waals surface area contributed by atoms with Crippen LogP contribution in [0.25, 0.3) is 0 Å². The van der Waals surface area contributed by atoms with Crippen molar-refractivity contribution in [1.82, 2.24) is 0 Å². The number of quaternary nitrogens is 1. The highest BCUT2D eigenvalue weighted by molar-refractivity contribution is 7.91. The van der Waals surface area contributed by atoms with Crippen molar-refractivity contribution >= 4 is 9.84 Å². The van der Waals surface area contributed by atoms with Crippen LogP contribution in [0.15, 0.2) is 29.2 Å². The number of benzene rings is 1. The third-order valence-corrected chi connectivity index (χ3v) is 6.52. The van der Waals surface area contributed by atoms with E-state index in [0.29, 0.717) is 36.3 Å². The molecule has 2 rings (SSSR count). The Morgan fingerprint density at radius 1 is 1.29 bits per heavy atom. The van der Waals surface area contributed by atoms with Gasteiger partial charge in [-0.2, -0.15) is 0 Å². The molecular weight excluding hydrogens is 330 g/mol. The van der Waals surface area contributed by atoms with E-state index in [-0.39, 0.29) is 23.2 Å². The van der Waals surface area contributed by atoms with Crippen LogP contribution in [0.2, 0.25) is 0 Å². The number of hydrogen-bond acceptors (Lipinski definition) is 5. The van der Waals surface area contributed by atoms with Crippen molar-refractivity contribution in [2.24, 2.45) is 5.92 Å². The maximum Gasteiger partial charge on any atom is 0.243 e. The third-order valence-electron chi connectivity index (χ3n) is 4.43. The Morgan fingerprint density at radius 3 is 2.46 bits per heavy atom. The summed E-state index contributed by atoms with van der Waals surface area (Å²) in [7, 11) is -1.35. The van der Waals surface area contributed by atoms with Crippen molar-refractivity contribution in [3.8, 4) is 0 Å². The molecule has 2 atom stereocenters. The number of aliphatic hydroxyl groups is 2. The van der Waals surface area contributed by atoms with Gasteiger partial charge < -0.3 is 19.4 Å². The number of ether oxygens (including phenoxy) is 1. The smallest absolute Gasteiger partial charge is 0.243 e. The van der Waals surface area contributed by atoms with Crippen molar-refractivity contribution < 1.29 is 27.9 Å². The van der Waals surface area contributed by atoms with Gasteiger partial charge >= 0.3 is 0 Å². The zero-order valence-electron chi connectivity index (χ0n) is 14.6. The molecule has 0 aliphatic carbocycles. The van der Waals surface area contributed by atoms with Crippen LogP contribution >= 0.6 is 0 Å². The zero-order valence-corrected chi connectivity index (χ0v) is 15.4. The second-order valence-corrected chi connectivity index (χ2v) is 9.32. The van der Waals surface area contributed by atoms with E-state index in [1.54, 1.807) is 12.1 Å². The summed E-state index contributed by atoms with van der Waals surface area (Å²) in [4.78, 5) is 0.256. The number of hydrogen-bond donors (Lipinski definition) is 2. The van der Waals surface area contributed by atoms with Crippen LogP contribution in [0.3, 0.4) is 0 Å². The first-order valence-corrected chi connectivity index (χ1v) is 9.89. The first-order chi connectivity index (χ1) is 11.1.